The quantitative estimate of drug-likeness (QED) is 0.433. The average Bonchev–Trinajstić information content (AvgIpc) is 2.94. The Morgan fingerprint density at radius 1 is 1.52 bits per heavy atom. The van der Waals surface area contributed by atoms with E-state index in [2.05, 4.69) is 15.3 Å². The maximum atomic E-state index is 5.93. The zero-order valence-electron chi connectivity index (χ0n) is 12.7. The first-order chi connectivity index (χ1) is 9.69. The normalized spacial score (nSPS) is 18.1. The van der Waals surface area contributed by atoms with E-state index in [4.69, 9.17) is 10.5 Å². The molecule has 0 aromatic carbocycles. The second-order valence-corrected chi connectivity index (χ2v) is 6.13. The molecule has 120 valence electrons. The molecule has 2 rings (SSSR count). The first-order valence-electron chi connectivity index (χ1n) is 7.22. The van der Waals surface area contributed by atoms with Gasteiger partial charge in [-0.1, -0.05) is 19.3 Å². The zero-order chi connectivity index (χ0) is 14.4. The van der Waals surface area contributed by atoms with Gasteiger partial charge in [-0.05, 0) is 19.8 Å². The summed E-state index contributed by atoms with van der Waals surface area (Å²) in [5.41, 5.74) is 6.88. The topological polar surface area (TPSA) is 72.5 Å². The van der Waals surface area contributed by atoms with Crippen molar-refractivity contribution in [2.45, 2.75) is 57.7 Å². The van der Waals surface area contributed by atoms with E-state index in [1.807, 2.05) is 12.3 Å². The minimum Gasteiger partial charge on any atom is -0.375 e. The Bertz CT molecular complexity index is 446. The van der Waals surface area contributed by atoms with Gasteiger partial charge in [-0.15, -0.1) is 35.3 Å². The van der Waals surface area contributed by atoms with E-state index < -0.39 is 0 Å². The molecule has 1 aromatic heterocycles. The van der Waals surface area contributed by atoms with E-state index in [1.165, 1.54) is 32.1 Å². The van der Waals surface area contributed by atoms with Gasteiger partial charge in [-0.2, -0.15) is 0 Å². The van der Waals surface area contributed by atoms with Gasteiger partial charge < -0.3 is 15.8 Å². The van der Waals surface area contributed by atoms with E-state index in [9.17, 15) is 0 Å². The number of guanidine groups is 1. The van der Waals surface area contributed by atoms with Crippen LogP contribution < -0.4 is 11.1 Å². The van der Waals surface area contributed by atoms with Crippen LogP contribution in [0.1, 0.15) is 55.8 Å². The number of halogens is 1. The maximum absolute atomic E-state index is 5.93. The molecule has 0 amide bonds. The first-order valence-corrected chi connectivity index (χ1v) is 8.10. The highest BCUT2D eigenvalue weighted by Crippen LogP contribution is 2.20. The Morgan fingerprint density at radius 3 is 2.90 bits per heavy atom. The summed E-state index contributed by atoms with van der Waals surface area (Å²) < 4.78 is 5.25. The van der Waals surface area contributed by atoms with Crippen LogP contribution in [0.3, 0.4) is 0 Å². The number of aromatic nitrogens is 1. The van der Waals surface area contributed by atoms with Gasteiger partial charge in [0.1, 0.15) is 11.1 Å². The minimum atomic E-state index is 0. The maximum Gasteiger partial charge on any atom is 0.189 e. The van der Waals surface area contributed by atoms with Gasteiger partial charge in [0.2, 0.25) is 0 Å². The second kappa shape index (κ2) is 9.58. The third kappa shape index (κ3) is 6.07. The molecule has 1 atom stereocenters. The van der Waals surface area contributed by atoms with Crippen molar-refractivity contribution in [2.24, 2.45) is 10.7 Å². The van der Waals surface area contributed by atoms with Gasteiger partial charge in [0.15, 0.2) is 5.96 Å². The molecule has 1 aromatic rings. The highest BCUT2D eigenvalue weighted by Gasteiger charge is 2.13. The van der Waals surface area contributed by atoms with Crippen LogP contribution in [0.4, 0.5) is 0 Å². The van der Waals surface area contributed by atoms with Crippen LogP contribution in [0.15, 0.2) is 10.4 Å². The largest absolute Gasteiger partial charge is 0.375 e. The lowest BCUT2D eigenvalue weighted by molar-refractivity contribution is 0.119. The third-order valence-corrected chi connectivity index (χ3v) is 4.69. The summed E-state index contributed by atoms with van der Waals surface area (Å²) >= 11 is 1.60. The zero-order valence-corrected chi connectivity index (χ0v) is 15.8. The number of hydrogen-bond donors (Lipinski definition) is 2. The minimum absolute atomic E-state index is 0. The molecule has 0 aliphatic heterocycles. The molecule has 0 saturated heterocycles. The molecular weight excluding hydrogens is 399 g/mol. The average molecular weight is 424 g/mol. The van der Waals surface area contributed by atoms with Crippen molar-refractivity contribution in [3.8, 4) is 0 Å². The van der Waals surface area contributed by atoms with E-state index >= 15 is 0 Å². The summed E-state index contributed by atoms with van der Waals surface area (Å²) in [5, 5.41) is 6.31. The number of nitrogens with two attached hydrogens (primary N) is 1. The van der Waals surface area contributed by atoms with E-state index in [0.29, 0.717) is 18.5 Å². The van der Waals surface area contributed by atoms with Crippen LogP contribution in [0.25, 0.3) is 0 Å². The Kier molecular flexibility index (Phi) is 8.50. The lowest BCUT2D eigenvalue weighted by atomic mass is 9.96. The van der Waals surface area contributed by atoms with E-state index in [1.54, 1.807) is 18.4 Å². The van der Waals surface area contributed by atoms with Crippen molar-refractivity contribution in [2.75, 3.05) is 7.11 Å². The summed E-state index contributed by atoms with van der Waals surface area (Å²) in [6.45, 7) is 2.52. The summed E-state index contributed by atoms with van der Waals surface area (Å²) in [5.74, 6) is 0.534. The van der Waals surface area contributed by atoms with Crippen LogP contribution in [-0.4, -0.2) is 24.1 Å². The van der Waals surface area contributed by atoms with Crippen LogP contribution in [0.5, 0.6) is 0 Å². The summed E-state index contributed by atoms with van der Waals surface area (Å²) in [4.78, 5) is 8.88. The summed E-state index contributed by atoms with van der Waals surface area (Å²) in [6.07, 6.45) is 6.35. The second-order valence-electron chi connectivity index (χ2n) is 5.24. The van der Waals surface area contributed by atoms with Gasteiger partial charge in [0.25, 0.3) is 0 Å². The van der Waals surface area contributed by atoms with Gasteiger partial charge in [0, 0.05) is 18.5 Å². The molecule has 0 spiro atoms. The molecule has 3 N–H and O–H groups in total. The molecule has 0 radical (unpaired) electrons. The van der Waals surface area contributed by atoms with Crippen LogP contribution in [0, 0.1) is 0 Å². The SMILES string of the molecule is COC(C)c1nc(CN=C(N)NC2CCCCC2)cs1.I. The molecule has 7 heteroatoms. The fourth-order valence-electron chi connectivity index (χ4n) is 2.35. The fraction of sp³-hybridized carbons (Fsp3) is 0.714. The first kappa shape index (κ1) is 18.6. The van der Waals surface area contributed by atoms with Gasteiger partial charge >= 0.3 is 0 Å². The number of nitrogens with zero attached hydrogens (tertiary/aromatic N) is 2. The molecule has 1 unspecified atom stereocenters. The van der Waals surface area contributed by atoms with Crippen LogP contribution in [0.2, 0.25) is 0 Å². The Hall–Kier alpha value is -0.410. The number of thiazole rings is 1. The Labute approximate surface area is 147 Å². The predicted octanol–water partition coefficient (Wildman–Crippen LogP) is 3.21. The molecule has 5 nitrogen and oxygen atoms in total. The van der Waals surface area contributed by atoms with Crippen LogP contribution in [-0.2, 0) is 11.3 Å². The van der Waals surface area contributed by atoms with Crippen molar-refractivity contribution in [1.82, 2.24) is 10.3 Å². The molecule has 1 aliphatic carbocycles. The number of rotatable bonds is 5. The number of hydrogen-bond acceptors (Lipinski definition) is 4. The summed E-state index contributed by atoms with van der Waals surface area (Å²) in [6, 6.07) is 0.493. The highest BCUT2D eigenvalue weighted by molar-refractivity contribution is 14.0. The number of nitrogens with one attached hydrogen (secondary N) is 1. The number of aliphatic imine (C=N–C) groups is 1. The molecule has 1 heterocycles. The Balaban J connectivity index is 0.00000220. The smallest absolute Gasteiger partial charge is 0.189 e. The third-order valence-electron chi connectivity index (χ3n) is 3.64. The molecule has 21 heavy (non-hydrogen) atoms. The molecular formula is C14H25IN4OS. The van der Waals surface area contributed by atoms with Crippen LogP contribution >= 0.6 is 35.3 Å². The predicted molar refractivity (Wildman–Crippen MR) is 98.3 cm³/mol. The van der Waals surface area contributed by atoms with Crippen molar-refractivity contribution < 1.29 is 4.74 Å². The lowest BCUT2D eigenvalue weighted by Crippen LogP contribution is -2.41. The van der Waals surface area contributed by atoms with Crippen molar-refractivity contribution in [3.63, 3.8) is 0 Å². The molecule has 0 bridgehead atoms. The van der Waals surface area contributed by atoms with E-state index in [0.717, 1.165) is 10.7 Å². The van der Waals surface area contributed by atoms with Crippen molar-refractivity contribution >= 4 is 41.3 Å². The number of ether oxygens (including phenoxy) is 1. The fourth-order valence-corrected chi connectivity index (χ4v) is 3.19. The number of methoxy groups -OCH3 is 1. The van der Waals surface area contributed by atoms with Crippen molar-refractivity contribution in [3.05, 3.63) is 16.1 Å². The Morgan fingerprint density at radius 2 is 2.24 bits per heavy atom. The standard InChI is InChI=1S/C14H24N4OS.HI/c1-10(19-2)13-17-12(9-20-13)8-16-14(15)18-11-6-4-3-5-7-11;/h9-11H,3-8H2,1-2H3,(H3,15,16,18);1H. The van der Waals surface area contributed by atoms with E-state index in [-0.39, 0.29) is 30.1 Å². The molecule has 1 saturated carbocycles. The molecule has 1 fully saturated rings. The van der Waals surface area contributed by atoms with Gasteiger partial charge in [0.05, 0.1) is 12.2 Å². The highest BCUT2D eigenvalue weighted by atomic mass is 127. The van der Waals surface area contributed by atoms with Gasteiger partial charge in [-0.3, -0.25) is 0 Å². The van der Waals surface area contributed by atoms with Gasteiger partial charge in [-0.25, -0.2) is 9.98 Å². The molecule has 1 aliphatic rings. The monoisotopic (exact) mass is 424 g/mol. The summed E-state index contributed by atoms with van der Waals surface area (Å²) in [7, 11) is 1.69. The van der Waals surface area contributed by atoms with Crippen molar-refractivity contribution in [1.29, 1.82) is 0 Å². The lowest BCUT2D eigenvalue weighted by Gasteiger charge is -2.23.